The zero-order valence-corrected chi connectivity index (χ0v) is 22.2. The summed E-state index contributed by atoms with van der Waals surface area (Å²) in [5, 5.41) is 15.3. The van der Waals surface area contributed by atoms with Gasteiger partial charge in [0.25, 0.3) is 5.69 Å². The number of amides is 2. The van der Waals surface area contributed by atoms with Crippen molar-refractivity contribution in [3.05, 3.63) is 110 Å². The summed E-state index contributed by atoms with van der Waals surface area (Å²) >= 11 is 12.9. The van der Waals surface area contributed by atoms with E-state index in [-0.39, 0.29) is 42.6 Å². The number of halogens is 2. The highest BCUT2D eigenvalue weighted by molar-refractivity contribution is 6.36. The molecule has 0 aliphatic rings. The molecule has 0 fully saturated rings. The molecular formula is C28H29Cl2N3O4. The van der Waals surface area contributed by atoms with Gasteiger partial charge in [-0.3, -0.25) is 19.7 Å². The molecule has 2 amide bonds. The molecule has 3 aromatic rings. The normalized spacial score (nSPS) is 12.4. The first kappa shape index (κ1) is 28.2. The van der Waals surface area contributed by atoms with Crippen LogP contribution in [-0.2, 0) is 29.0 Å². The Labute approximate surface area is 226 Å². The highest BCUT2D eigenvalue weighted by atomic mass is 35.5. The van der Waals surface area contributed by atoms with Gasteiger partial charge in [0.15, 0.2) is 0 Å². The summed E-state index contributed by atoms with van der Waals surface area (Å²) in [6, 6.07) is 19.5. The van der Waals surface area contributed by atoms with E-state index in [1.165, 1.54) is 11.0 Å². The van der Waals surface area contributed by atoms with E-state index in [4.69, 9.17) is 23.2 Å². The van der Waals surface area contributed by atoms with E-state index in [1.54, 1.807) is 36.4 Å². The fraction of sp³-hybridized carbons (Fsp3) is 0.286. The van der Waals surface area contributed by atoms with Crippen LogP contribution < -0.4 is 5.32 Å². The Morgan fingerprint density at radius 3 is 2.22 bits per heavy atom. The van der Waals surface area contributed by atoms with Crippen LogP contribution in [0, 0.1) is 10.1 Å². The number of nitro benzene ring substituents is 1. The van der Waals surface area contributed by atoms with Crippen LogP contribution in [0.5, 0.6) is 0 Å². The summed E-state index contributed by atoms with van der Waals surface area (Å²) in [7, 11) is 0. The van der Waals surface area contributed by atoms with Crippen molar-refractivity contribution < 1.29 is 14.5 Å². The van der Waals surface area contributed by atoms with Gasteiger partial charge < -0.3 is 10.2 Å². The largest absolute Gasteiger partial charge is 0.352 e. The Balaban J connectivity index is 2.07. The van der Waals surface area contributed by atoms with Gasteiger partial charge in [-0.05, 0) is 31.0 Å². The van der Waals surface area contributed by atoms with Crippen LogP contribution in [0.15, 0.2) is 72.8 Å². The van der Waals surface area contributed by atoms with Gasteiger partial charge in [0.2, 0.25) is 11.8 Å². The van der Waals surface area contributed by atoms with E-state index in [0.717, 1.165) is 5.56 Å². The predicted molar refractivity (Wildman–Crippen MR) is 146 cm³/mol. The quantitative estimate of drug-likeness (QED) is 0.238. The van der Waals surface area contributed by atoms with Crippen LogP contribution in [0.2, 0.25) is 10.0 Å². The van der Waals surface area contributed by atoms with Crippen molar-refractivity contribution in [2.45, 2.75) is 51.7 Å². The minimum atomic E-state index is -0.904. The summed E-state index contributed by atoms with van der Waals surface area (Å²) in [4.78, 5) is 39.9. The molecule has 9 heteroatoms. The summed E-state index contributed by atoms with van der Waals surface area (Å²) in [5.41, 5.74) is 1.46. The van der Waals surface area contributed by atoms with Crippen LogP contribution in [0.1, 0.15) is 37.0 Å². The molecule has 194 valence electrons. The van der Waals surface area contributed by atoms with Crippen molar-refractivity contribution in [3.8, 4) is 0 Å². The Bertz CT molecular complexity index is 1230. The smallest absolute Gasteiger partial charge is 0.273 e. The second-order valence-corrected chi connectivity index (χ2v) is 9.62. The fourth-order valence-corrected chi connectivity index (χ4v) is 4.47. The molecule has 37 heavy (non-hydrogen) atoms. The Kier molecular flexibility index (Phi) is 10.1. The number of benzene rings is 3. The first-order valence-corrected chi connectivity index (χ1v) is 12.8. The minimum absolute atomic E-state index is 0.0383. The van der Waals surface area contributed by atoms with Crippen molar-refractivity contribution in [1.82, 2.24) is 10.2 Å². The highest BCUT2D eigenvalue weighted by Crippen LogP contribution is 2.28. The van der Waals surface area contributed by atoms with E-state index in [1.807, 2.05) is 44.2 Å². The number of nitrogens with zero attached hydrogens (tertiary/aromatic N) is 2. The van der Waals surface area contributed by atoms with Gasteiger partial charge in [0.1, 0.15) is 6.04 Å². The molecule has 0 saturated heterocycles. The van der Waals surface area contributed by atoms with Crippen LogP contribution >= 0.6 is 23.2 Å². The van der Waals surface area contributed by atoms with Crippen molar-refractivity contribution in [1.29, 1.82) is 0 Å². The third-order valence-corrected chi connectivity index (χ3v) is 6.90. The minimum Gasteiger partial charge on any atom is -0.352 e. The molecule has 7 nitrogen and oxygen atoms in total. The molecule has 0 radical (unpaired) electrons. The van der Waals surface area contributed by atoms with Gasteiger partial charge >= 0.3 is 0 Å². The maximum Gasteiger partial charge on any atom is 0.273 e. The fourth-order valence-electron chi connectivity index (χ4n) is 3.95. The third kappa shape index (κ3) is 7.54. The number of nitro groups is 1. The van der Waals surface area contributed by atoms with Crippen LogP contribution in [-0.4, -0.2) is 33.7 Å². The molecule has 0 heterocycles. The van der Waals surface area contributed by atoms with Crippen LogP contribution in [0.4, 0.5) is 5.69 Å². The molecular weight excluding hydrogens is 513 g/mol. The van der Waals surface area contributed by atoms with Gasteiger partial charge in [-0.25, -0.2) is 0 Å². The summed E-state index contributed by atoms with van der Waals surface area (Å²) in [6.07, 6.45) is 0.694. The molecule has 0 unspecified atom stereocenters. The third-order valence-electron chi connectivity index (χ3n) is 6.19. The Morgan fingerprint density at radius 2 is 1.59 bits per heavy atom. The summed E-state index contributed by atoms with van der Waals surface area (Å²) in [6.45, 7) is 3.81. The summed E-state index contributed by atoms with van der Waals surface area (Å²) < 4.78 is 0. The molecule has 0 aliphatic heterocycles. The standard InChI is InChI=1S/C28H29Cl2N3O4/c1-3-19(2)31-28(35)26(16-20-10-5-4-6-11-20)32(18-22-23(29)13-9-14-24(22)30)27(34)17-21-12-7-8-15-25(21)33(36)37/h4-15,19,26H,3,16-18H2,1-2H3,(H,31,35)/t19-,26-/m1/s1. The van der Waals surface area contributed by atoms with Crippen LogP contribution in [0.25, 0.3) is 0 Å². The molecule has 1 N–H and O–H groups in total. The number of carbonyl (C=O) groups is 2. The number of nitrogens with one attached hydrogen (secondary N) is 1. The first-order valence-electron chi connectivity index (χ1n) is 12.0. The van der Waals surface area contributed by atoms with Gasteiger partial charge in [-0.15, -0.1) is 0 Å². The van der Waals surface area contributed by atoms with E-state index < -0.39 is 16.9 Å². The van der Waals surface area contributed by atoms with Gasteiger partial charge in [0.05, 0.1) is 11.3 Å². The first-order chi connectivity index (χ1) is 17.7. The molecule has 3 rings (SSSR count). The Hall–Kier alpha value is -3.42. The SMILES string of the molecule is CC[C@@H](C)NC(=O)[C@@H](Cc1ccccc1)N(Cc1c(Cl)cccc1Cl)C(=O)Cc1ccccc1[N+](=O)[O-]. The van der Waals surface area contributed by atoms with E-state index >= 15 is 0 Å². The monoisotopic (exact) mass is 541 g/mol. The number of hydrogen-bond acceptors (Lipinski definition) is 4. The molecule has 0 spiro atoms. The lowest BCUT2D eigenvalue weighted by Gasteiger charge is -2.33. The number of carbonyl (C=O) groups excluding carboxylic acids is 2. The number of rotatable bonds is 11. The van der Waals surface area contributed by atoms with Crippen molar-refractivity contribution in [2.75, 3.05) is 0 Å². The number of para-hydroxylation sites is 1. The predicted octanol–water partition coefficient (Wildman–Crippen LogP) is 6.00. The second-order valence-electron chi connectivity index (χ2n) is 8.81. The zero-order valence-electron chi connectivity index (χ0n) is 20.7. The molecule has 3 aromatic carbocycles. The van der Waals surface area contributed by atoms with Crippen LogP contribution in [0.3, 0.4) is 0 Å². The molecule has 2 atom stereocenters. The topological polar surface area (TPSA) is 92.6 Å². The van der Waals surface area contributed by atoms with E-state index in [9.17, 15) is 19.7 Å². The van der Waals surface area contributed by atoms with Crippen molar-refractivity contribution >= 4 is 40.7 Å². The molecule has 0 saturated carbocycles. The van der Waals surface area contributed by atoms with Crippen molar-refractivity contribution in [3.63, 3.8) is 0 Å². The highest BCUT2D eigenvalue weighted by Gasteiger charge is 2.32. The van der Waals surface area contributed by atoms with Gasteiger partial charge in [-0.1, -0.05) is 84.7 Å². The maximum atomic E-state index is 13.8. The summed E-state index contributed by atoms with van der Waals surface area (Å²) in [5.74, 6) is -0.775. The van der Waals surface area contributed by atoms with E-state index in [2.05, 4.69) is 5.32 Å². The van der Waals surface area contributed by atoms with Gasteiger partial charge in [-0.2, -0.15) is 0 Å². The zero-order chi connectivity index (χ0) is 26.9. The second kappa shape index (κ2) is 13.2. The molecule has 0 bridgehead atoms. The maximum absolute atomic E-state index is 13.8. The average molecular weight is 542 g/mol. The average Bonchev–Trinajstić information content (AvgIpc) is 2.88. The Morgan fingerprint density at radius 1 is 0.973 bits per heavy atom. The van der Waals surface area contributed by atoms with Gasteiger partial charge in [0, 0.05) is 46.2 Å². The van der Waals surface area contributed by atoms with Crippen molar-refractivity contribution in [2.24, 2.45) is 0 Å². The molecule has 0 aromatic heterocycles. The lowest BCUT2D eigenvalue weighted by molar-refractivity contribution is -0.385. The molecule has 0 aliphatic carbocycles. The lowest BCUT2D eigenvalue weighted by atomic mass is 10.0. The van der Waals surface area contributed by atoms with E-state index in [0.29, 0.717) is 22.0 Å². The lowest BCUT2D eigenvalue weighted by Crippen LogP contribution is -2.52. The number of hydrogen-bond donors (Lipinski definition) is 1.